The highest BCUT2D eigenvalue weighted by atomic mass is 16.5. The van der Waals surface area contributed by atoms with E-state index in [0.29, 0.717) is 11.8 Å². The molecular weight excluding hydrogens is 256 g/mol. The molecular formula is C16H28O4. The molecule has 20 heavy (non-hydrogen) atoms. The molecule has 0 aromatic heterocycles. The zero-order valence-corrected chi connectivity index (χ0v) is 13.1. The van der Waals surface area contributed by atoms with Gasteiger partial charge in [-0.2, -0.15) is 0 Å². The van der Waals surface area contributed by atoms with Gasteiger partial charge in [-0.15, -0.1) is 0 Å². The Balaban J connectivity index is 4.43. The smallest absolute Gasteiger partial charge is 0.331 e. The first-order chi connectivity index (χ1) is 9.38. The van der Waals surface area contributed by atoms with Crippen molar-refractivity contribution >= 4 is 11.9 Å². The predicted octanol–water partition coefficient (Wildman–Crippen LogP) is 3.80. The average Bonchev–Trinajstić information content (AvgIpc) is 2.41. The molecule has 0 fully saturated rings. The Hall–Kier alpha value is -1.32. The van der Waals surface area contributed by atoms with Crippen molar-refractivity contribution < 1.29 is 19.4 Å². The third kappa shape index (κ3) is 9.59. The van der Waals surface area contributed by atoms with E-state index < -0.39 is 11.9 Å². The summed E-state index contributed by atoms with van der Waals surface area (Å²) in [5, 5.41) is 8.49. The second kappa shape index (κ2) is 10.5. The maximum atomic E-state index is 11.6. The number of carbonyl (C=O) groups excluding carboxylic acids is 1. The molecule has 116 valence electrons. The summed E-state index contributed by atoms with van der Waals surface area (Å²) in [5.41, 5.74) is 0. The Morgan fingerprint density at radius 2 is 1.65 bits per heavy atom. The molecule has 0 saturated carbocycles. The average molecular weight is 284 g/mol. The monoisotopic (exact) mass is 284 g/mol. The summed E-state index contributed by atoms with van der Waals surface area (Å²) in [4.78, 5) is 21.9. The number of hydrogen-bond acceptors (Lipinski definition) is 3. The molecule has 4 nitrogen and oxygen atoms in total. The number of carbonyl (C=O) groups is 2. The number of rotatable bonds is 10. The zero-order chi connectivity index (χ0) is 15.5. The minimum atomic E-state index is -1.14. The van der Waals surface area contributed by atoms with Gasteiger partial charge in [0, 0.05) is 12.2 Å². The maximum absolute atomic E-state index is 11.6. The van der Waals surface area contributed by atoms with E-state index in [1.165, 1.54) is 0 Å². The molecule has 0 aromatic carbocycles. The van der Waals surface area contributed by atoms with Crippen LogP contribution >= 0.6 is 0 Å². The van der Waals surface area contributed by atoms with E-state index in [0.717, 1.165) is 44.3 Å². The molecule has 0 aliphatic heterocycles. The SMILES string of the molecule is CCC(C)CCC(CC(C)CC)OC(=O)C=CC(=O)O. The second-order valence-corrected chi connectivity index (χ2v) is 5.57. The van der Waals surface area contributed by atoms with E-state index in [9.17, 15) is 9.59 Å². The Morgan fingerprint density at radius 1 is 1.05 bits per heavy atom. The molecule has 0 saturated heterocycles. The van der Waals surface area contributed by atoms with E-state index in [2.05, 4.69) is 27.7 Å². The molecule has 0 bridgehead atoms. The van der Waals surface area contributed by atoms with Gasteiger partial charge in [0.2, 0.25) is 0 Å². The van der Waals surface area contributed by atoms with Crippen LogP contribution in [0.4, 0.5) is 0 Å². The van der Waals surface area contributed by atoms with Gasteiger partial charge in [-0.25, -0.2) is 9.59 Å². The number of aliphatic carboxylic acids is 1. The minimum absolute atomic E-state index is 0.120. The molecule has 0 aliphatic carbocycles. The summed E-state index contributed by atoms with van der Waals surface area (Å²) >= 11 is 0. The molecule has 4 heteroatoms. The van der Waals surface area contributed by atoms with Crippen molar-refractivity contribution in [3.63, 3.8) is 0 Å². The summed E-state index contributed by atoms with van der Waals surface area (Å²) in [6.45, 7) is 8.59. The molecule has 0 aromatic rings. The van der Waals surface area contributed by atoms with Crippen LogP contribution in [0.1, 0.15) is 59.8 Å². The molecule has 3 atom stereocenters. The summed E-state index contributed by atoms with van der Waals surface area (Å²) in [7, 11) is 0. The number of carboxylic acid groups (broad SMARTS) is 1. The normalized spacial score (nSPS) is 15.8. The van der Waals surface area contributed by atoms with Gasteiger partial charge in [-0.1, -0.05) is 40.5 Å². The van der Waals surface area contributed by atoms with Gasteiger partial charge in [0.1, 0.15) is 6.10 Å². The van der Waals surface area contributed by atoms with Gasteiger partial charge in [-0.05, 0) is 31.1 Å². The Bertz CT molecular complexity index is 322. The van der Waals surface area contributed by atoms with Crippen molar-refractivity contribution in [1.29, 1.82) is 0 Å². The quantitative estimate of drug-likeness (QED) is 0.489. The van der Waals surface area contributed by atoms with Gasteiger partial charge in [0.15, 0.2) is 0 Å². The lowest BCUT2D eigenvalue weighted by Crippen LogP contribution is -2.20. The van der Waals surface area contributed by atoms with E-state index in [-0.39, 0.29) is 6.10 Å². The lowest BCUT2D eigenvalue weighted by atomic mass is 9.94. The number of hydrogen-bond donors (Lipinski definition) is 1. The van der Waals surface area contributed by atoms with Crippen LogP contribution in [0.5, 0.6) is 0 Å². The highest BCUT2D eigenvalue weighted by molar-refractivity contribution is 5.90. The van der Waals surface area contributed by atoms with Crippen molar-refractivity contribution in [2.75, 3.05) is 0 Å². The van der Waals surface area contributed by atoms with Crippen LogP contribution in [0.25, 0.3) is 0 Å². The largest absolute Gasteiger partial charge is 0.478 e. The van der Waals surface area contributed by atoms with Gasteiger partial charge < -0.3 is 9.84 Å². The summed E-state index contributed by atoms with van der Waals surface area (Å²) in [6, 6.07) is 0. The van der Waals surface area contributed by atoms with Crippen LogP contribution in [-0.4, -0.2) is 23.1 Å². The summed E-state index contributed by atoms with van der Waals surface area (Å²) < 4.78 is 5.38. The van der Waals surface area contributed by atoms with Crippen molar-refractivity contribution in [3.8, 4) is 0 Å². The van der Waals surface area contributed by atoms with Gasteiger partial charge in [-0.3, -0.25) is 0 Å². The van der Waals surface area contributed by atoms with E-state index in [1.807, 2.05) is 0 Å². The van der Waals surface area contributed by atoms with Crippen molar-refractivity contribution in [1.82, 2.24) is 0 Å². The molecule has 0 aliphatic rings. The van der Waals surface area contributed by atoms with E-state index in [4.69, 9.17) is 9.84 Å². The molecule has 0 amide bonds. The van der Waals surface area contributed by atoms with Crippen molar-refractivity contribution in [3.05, 3.63) is 12.2 Å². The van der Waals surface area contributed by atoms with Crippen LogP contribution in [-0.2, 0) is 14.3 Å². The lowest BCUT2D eigenvalue weighted by molar-refractivity contribution is -0.144. The lowest BCUT2D eigenvalue weighted by Gasteiger charge is -2.21. The first-order valence-corrected chi connectivity index (χ1v) is 7.50. The molecule has 0 rings (SSSR count). The standard InChI is InChI=1S/C16H28O4/c1-5-12(3)7-8-14(11-13(4)6-2)20-16(19)10-9-15(17)18/h9-10,12-14H,5-8,11H2,1-4H3,(H,17,18). The second-order valence-electron chi connectivity index (χ2n) is 5.57. The van der Waals surface area contributed by atoms with Gasteiger partial charge in [0.25, 0.3) is 0 Å². The van der Waals surface area contributed by atoms with E-state index >= 15 is 0 Å². The summed E-state index contributed by atoms with van der Waals surface area (Å²) in [5.74, 6) is -0.597. The number of carboxylic acids is 1. The number of ether oxygens (including phenoxy) is 1. The van der Waals surface area contributed by atoms with Gasteiger partial charge in [0.05, 0.1) is 0 Å². The van der Waals surface area contributed by atoms with Crippen molar-refractivity contribution in [2.45, 2.75) is 65.9 Å². The highest BCUT2D eigenvalue weighted by Gasteiger charge is 2.17. The van der Waals surface area contributed by atoms with Crippen LogP contribution in [0.2, 0.25) is 0 Å². The summed E-state index contributed by atoms with van der Waals surface area (Å²) in [6.07, 6.45) is 6.53. The fourth-order valence-corrected chi connectivity index (χ4v) is 1.86. The fourth-order valence-electron chi connectivity index (χ4n) is 1.86. The Morgan fingerprint density at radius 3 is 2.15 bits per heavy atom. The molecule has 0 heterocycles. The van der Waals surface area contributed by atoms with E-state index in [1.54, 1.807) is 0 Å². The zero-order valence-electron chi connectivity index (χ0n) is 13.1. The molecule has 1 N–H and O–H groups in total. The van der Waals surface area contributed by atoms with Crippen LogP contribution in [0, 0.1) is 11.8 Å². The minimum Gasteiger partial charge on any atom is -0.478 e. The van der Waals surface area contributed by atoms with Crippen LogP contribution in [0.3, 0.4) is 0 Å². The van der Waals surface area contributed by atoms with Gasteiger partial charge >= 0.3 is 11.9 Å². The highest BCUT2D eigenvalue weighted by Crippen LogP contribution is 2.20. The Labute approximate surface area is 122 Å². The van der Waals surface area contributed by atoms with Crippen molar-refractivity contribution in [2.24, 2.45) is 11.8 Å². The molecule has 0 spiro atoms. The maximum Gasteiger partial charge on any atom is 0.331 e. The fraction of sp³-hybridized carbons (Fsp3) is 0.750. The third-order valence-corrected chi connectivity index (χ3v) is 3.69. The first-order valence-electron chi connectivity index (χ1n) is 7.50. The van der Waals surface area contributed by atoms with Crippen LogP contribution in [0.15, 0.2) is 12.2 Å². The first kappa shape index (κ1) is 18.7. The topological polar surface area (TPSA) is 63.6 Å². The Kier molecular flexibility index (Phi) is 9.77. The number of esters is 1. The molecule has 0 radical (unpaired) electrons. The molecule has 3 unspecified atom stereocenters. The van der Waals surface area contributed by atoms with Crippen LogP contribution < -0.4 is 0 Å². The predicted molar refractivity (Wildman–Crippen MR) is 79.4 cm³/mol. The third-order valence-electron chi connectivity index (χ3n) is 3.69.